The molecule has 1 saturated heterocycles. The largest absolute Gasteiger partial charge is 0.480 e. The van der Waals surface area contributed by atoms with E-state index < -0.39 is 26.8 Å². The lowest BCUT2D eigenvalue weighted by Gasteiger charge is -2.42. The lowest BCUT2D eigenvalue weighted by Crippen LogP contribution is -2.58. The van der Waals surface area contributed by atoms with Gasteiger partial charge in [-0.05, 0) is 44.2 Å². The summed E-state index contributed by atoms with van der Waals surface area (Å²) in [6.07, 6.45) is 0. The van der Waals surface area contributed by atoms with Crippen LogP contribution in [0.2, 0.25) is 0 Å². The maximum atomic E-state index is 13.6. The fourth-order valence-electron chi connectivity index (χ4n) is 3.77. The molecule has 2 aliphatic heterocycles. The van der Waals surface area contributed by atoms with Gasteiger partial charge in [0.25, 0.3) is 0 Å². The third kappa shape index (κ3) is 3.45. The van der Waals surface area contributed by atoms with Gasteiger partial charge >= 0.3 is 5.97 Å². The van der Waals surface area contributed by atoms with E-state index in [0.29, 0.717) is 22.8 Å². The van der Waals surface area contributed by atoms with Gasteiger partial charge in [-0.25, -0.2) is 8.42 Å². The predicted molar refractivity (Wildman–Crippen MR) is 113 cm³/mol. The molecule has 1 atom stereocenters. The molecule has 4 rings (SSSR count). The van der Waals surface area contributed by atoms with Crippen molar-refractivity contribution in [3.8, 4) is 22.6 Å². The van der Waals surface area contributed by atoms with Crippen LogP contribution in [0.25, 0.3) is 22.6 Å². The van der Waals surface area contributed by atoms with Crippen molar-refractivity contribution < 1.29 is 22.7 Å². The first-order valence-electron chi connectivity index (χ1n) is 9.18. The highest BCUT2D eigenvalue weighted by Gasteiger charge is 2.48. The second-order valence-electron chi connectivity index (χ2n) is 7.45. The van der Waals surface area contributed by atoms with Gasteiger partial charge in [-0.2, -0.15) is 16.1 Å². The molecule has 29 heavy (non-hydrogen) atoms. The van der Waals surface area contributed by atoms with E-state index in [0.717, 1.165) is 9.87 Å². The van der Waals surface area contributed by atoms with Gasteiger partial charge < -0.3 is 9.52 Å². The topological polar surface area (TPSA) is 87.8 Å². The zero-order valence-electron chi connectivity index (χ0n) is 16.0. The molecule has 0 unspecified atom stereocenters. The van der Waals surface area contributed by atoms with Crippen molar-refractivity contribution >= 4 is 27.8 Å². The number of rotatable bonds is 4. The van der Waals surface area contributed by atoms with Gasteiger partial charge in [0.15, 0.2) is 0 Å². The van der Waals surface area contributed by atoms with Gasteiger partial charge in [0, 0.05) is 28.2 Å². The van der Waals surface area contributed by atoms with E-state index in [2.05, 4.69) is 0 Å². The number of hydrogen-bond donors (Lipinski definition) is 1. The van der Waals surface area contributed by atoms with Gasteiger partial charge in [-0.1, -0.05) is 24.3 Å². The molecule has 1 fully saturated rings. The zero-order valence-corrected chi connectivity index (χ0v) is 17.7. The van der Waals surface area contributed by atoms with Gasteiger partial charge in [0.05, 0.1) is 4.90 Å². The molecule has 0 amide bonds. The van der Waals surface area contributed by atoms with Crippen LogP contribution in [-0.4, -0.2) is 46.9 Å². The molecular weight excluding hydrogens is 410 g/mol. The molecule has 1 aliphatic carbocycles. The van der Waals surface area contributed by atoms with Crippen LogP contribution < -0.4 is 0 Å². The van der Waals surface area contributed by atoms with Crippen LogP contribution in [0.4, 0.5) is 0 Å². The number of hydrogen-bond acceptors (Lipinski definition) is 5. The molecule has 6 nitrogen and oxygen atoms in total. The minimum Gasteiger partial charge on any atom is -0.480 e. The third-order valence-corrected chi connectivity index (χ3v) is 8.42. The monoisotopic (exact) mass is 431 g/mol. The highest BCUT2D eigenvalue weighted by Crippen LogP contribution is 2.40. The summed E-state index contributed by atoms with van der Waals surface area (Å²) in [6.45, 7) is 3.67. The normalized spacial score (nSPS) is 20.0. The van der Waals surface area contributed by atoms with Crippen molar-refractivity contribution in [3.05, 3.63) is 54.6 Å². The number of carbonyl (C=O) groups is 1. The third-order valence-electron chi connectivity index (χ3n) is 5.15. The number of aliphatic carboxylic acids is 1. The first kappa shape index (κ1) is 20.0. The Bertz CT molecular complexity index is 1140. The Kier molecular flexibility index (Phi) is 4.96. The molecule has 152 valence electrons. The molecule has 0 radical (unpaired) electrons. The molecule has 8 heteroatoms. The molecule has 2 heterocycles. The molecule has 1 aromatic rings. The summed E-state index contributed by atoms with van der Waals surface area (Å²) in [5, 5.41) is 9.80. The number of fused-ring (bicyclic) bond motifs is 1. The lowest BCUT2D eigenvalue weighted by molar-refractivity contribution is -0.142. The van der Waals surface area contributed by atoms with Crippen LogP contribution in [0.5, 0.6) is 0 Å². The number of nitrogens with zero attached hydrogens (tertiary/aromatic N) is 1. The van der Waals surface area contributed by atoms with E-state index in [4.69, 9.17) is 4.42 Å². The van der Waals surface area contributed by atoms with Crippen molar-refractivity contribution in [2.45, 2.75) is 29.5 Å². The molecule has 0 saturated carbocycles. The summed E-state index contributed by atoms with van der Waals surface area (Å²) in [5.74, 6) is 0.460. The second-order valence-corrected chi connectivity index (χ2v) is 11.1. The first-order chi connectivity index (χ1) is 13.7. The zero-order chi connectivity index (χ0) is 20.8. The van der Waals surface area contributed by atoms with Crippen LogP contribution >= 0.6 is 11.8 Å². The summed E-state index contributed by atoms with van der Waals surface area (Å²) in [6, 6.07) is 14.6. The molecule has 0 aromatic heterocycles. The number of thioether (sulfide) groups is 1. The minimum absolute atomic E-state index is 0.0450. The van der Waals surface area contributed by atoms with Crippen LogP contribution in [-0.2, 0) is 14.8 Å². The number of sulfonamides is 1. The maximum absolute atomic E-state index is 13.6. The van der Waals surface area contributed by atoms with Crippen LogP contribution in [0.3, 0.4) is 0 Å². The van der Waals surface area contributed by atoms with E-state index in [1.807, 2.05) is 24.3 Å². The van der Waals surface area contributed by atoms with Gasteiger partial charge in [-0.15, -0.1) is 0 Å². The van der Waals surface area contributed by atoms with E-state index in [9.17, 15) is 18.3 Å². The van der Waals surface area contributed by atoms with Crippen LogP contribution in [0.1, 0.15) is 13.8 Å². The fourth-order valence-corrected chi connectivity index (χ4v) is 7.06. The highest BCUT2D eigenvalue weighted by atomic mass is 32.2. The van der Waals surface area contributed by atoms with E-state index >= 15 is 0 Å². The van der Waals surface area contributed by atoms with Gasteiger partial charge in [0.1, 0.15) is 17.6 Å². The minimum atomic E-state index is -4.07. The van der Waals surface area contributed by atoms with Gasteiger partial charge in [-0.3, -0.25) is 4.79 Å². The average molecular weight is 432 g/mol. The van der Waals surface area contributed by atoms with E-state index in [-0.39, 0.29) is 11.4 Å². The van der Waals surface area contributed by atoms with Crippen molar-refractivity contribution in [2.24, 2.45) is 0 Å². The maximum Gasteiger partial charge on any atom is 0.323 e. The van der Waals surface area contributed by atoms with Crippen molar-refractivity contribution in [1.29, 1.82) is 0 Å². The van der Waals surface area contributed by atoms with E-state index in [1.54, 1.807) is 38.1 Å². The Morgan fingerprint density at radius 1 is 1.10 bits per heavy atom. The Hall–Kier alpha value is -2.29. The SMILES string of the molecule is CC1(C)SCCN(S(=O)(=O)c2ccccc2-c2ccc3cccc-3o2)[C@H]1C(=O)O. The summed E-state index contributed by atoms with van der Waals surface area (Å²) in [7, 11) is -4.07. The van der Waals surface area contributed by atoms with Gasteiger partial charge in [0.2, 0.25) is 10.0 Å². The predicted octanol–water partition coefficient (Wildman–Crippen LogP) is 4.02. The van der Waals surface area contributed by atoms with Crippen LogP contribution in [0, 0.1) is 0 Å². The Morgan fingerprint density at radius 2 is 1.86 bits per heavy atom. The van der Waals surface area contributed by atoms with Crippen molar-refractivity contribution in [2.75, 3.05) is 12.3 Å². The summed E-state index contributed by atoms with van der Waals surface area (Å²) < 4.78 is 33.5. The number of benzene rings is 1. The smallest absolute Gasteiger partial charge is 0.323 e. The van der Waals surface area contributed by atoms with Crippen molar-refractivity contribution in [1.82, 2.24) is 4.31 Å². The molecule has 3 aliphatic rings. The number of carboxylic acid groups (broad SMARTS) is 1. The Balaban J connectivity index is 1.84. The fraction of sp³-hybridized carbons (Fsp3) is 0.286. The summed E-state index contributed by atoms with van der Waals surface area (Å²) in [5.41, 5.74) is 1.34. The molecule has 1 N–H and O–H groups in total. The van der Waals surface area contributed by atoms with E-state index in [1.165, 1.54) is 17.8 Å². The number of carboxylic acids is 1. The Morgan fingerprint density at radius 3 is 2.62 bits per heavy atom. The van der Waals surface area contributed by atoms with Crippen LogP contribution in [0.15, 0.2) is 63.9 Å². The molecule has 0 spiro atoms. The molecule has 1 aromatic carbocycles. The Labute approximate surface area is 173 Å². The van der Waals surface area contributed by atoms with Crippen molar-refractivity contribution in [3.63, 3.8) is 0 Å². The standard InChI is InChI=1S/C21H21NO5S2/c1-21(2)19(20(23)24)22(12-13-28-21)29(25,26)18-9-4-3-7-15(18)17-11-10-14-6-5-8-16(14)27-17/h3-11,19H,12-13H2,1-2H3,(H,23,24)/t19-/m0/s1. The average Bonchev–Trinajstić information content (AvgIpc) is 3.14. The quantitative estimate of drug-likeness (QED) is 0.671. The second kappa shape index (κ2) is 7.19. The molecular formula is C21H21NO5S2. The summed E-state index contributed by atoms with van der Waals surface area (Å²) in [4.78, 5) is 12.0. The summed E-state index contributed by atoms with van der Waals surface area (Å²) >= 11 is 1.47. The molecule has 0 bridgehead atoms. The highest BCUT2D eigenvalue weighted by molar-refractivity contribution is 8.01. The lowest BCUT2D eigenvalue weighted by atomic mass is 10.0. The first-order valence-corrected chi connectivity index (χ1v) is 11.6.